The van der Waals surface area contributed by atoms with E-state index in [0.29, 0.717) is 5.41 Å². The summed E-state index contributed by atoms with van der Waals surface area (Å²) in [5.74, 6) is 0.748. The molecular weight excluding hydrogens is 182 g/mol. The summed E-state index contributed by atoms with van der Waals surface area (Å²) in [5, 5.41) is 0. The molecule has 1 unspecified atom stereocenters. The normalized spacial score (nSPS) is 23.5. The molecule has 1 aromatic carbocycles. The fraction of sp³-hybridized carbons (Fsp3) is 0.571. The van der Waals surface area contributed by atoms with Crippen LogP contribution in [0.3, 0.4) is 0 Å². The van der Waals surface area contributed by atoms with Crippen molar-refractivity contribution in [1.82, 2.24) is 0 Å². The highest BCUT2D eigenvalue weighted by Gasteiger charge is 2.35. The van der Waals surface area contributed by atoms with E-state index in [1.165, 1.54) is 24.0 Å². The fourth-order valence-corrected chi connectivity index (χ4v) is 2.98. The van der Waals surface area contributed by atoms with Crippen LogP contribution in [0, 0.1) is 5.92 Å². The van der Waals surface area contributed by atoms with Gasteiger partial charge in [-0.25, -0.2) is 0 Å². The Morgan fingerprint density at radius 3 is 2.80 bits per heavy atom. The molecule has 0 bridgehead atoms. The number of aryl methyl sites for hydroxylation is 1. The van der Waals surface area contributed by atoms with Gasteiger partial charge in [-0.3, -0.25) is 0 Å². The monoisotopic (exact) mass is 203 g/mol. The van der Waals surface area contributed by atoms with Crippen LogP contribution < -0.4 is 5.73 Å². The van der Waals surface area contributed by atoms with Crippen molar-refractivity contribution in [3.8, 4) is 0 Å². The first kappa shape index (κ1) is 10.7. The Hall–Kier alpha value is -0.820. The van der Waals surface area contributed by atoms with Gasteiger partial charge in [0.15, 0.2) is 0 Å². The number of hydrogen-bond acceptors (Lipinski definition) is 1. The van der Waals surface area contributed by atoms with Gasteiger partial charge in [-0.15, -0.1) is 0 Å². The lowest BCUT2D eigenvalue weighted by atomic mass is 9.64. The average molecular weight is 203 g/mol. The molecule has 82 valence electrons. The Balaban J connectivity index is 2.36. The summed E-state index contributed by atoms with van der Waals surface area (Å²) in [7, 11) is 0. The number of fused-ring (bicyclic) bond motifs is 1. The molecule has 2 N–H and O–H groups in total. The van der Waals surface area contributed by atoms with Gasteiger partial charge < -0.3 is 5.73 Å². The Bertz CT molecular complexity index is 341. The van der Waals surface area contributed by atoms with Crippen LogP contribution in [0.1, 0.15) is 37.8 Å². The molecule has 0 amide bonds. The SMILES string of the molecule is CC1(C)c2ccccc2CCC1CCN. The summed E-state index contributed by atoms with van der Waals surface area (Å²) in [6.07, 6.45) is 3.67. The maximum Gasteiger partial charge on any atom is -0.00720 e. The van der Waals surface area contributed by atoms with Crippen molar-refractivity contribution in [2.45, 2.75) is 38.5 Å². The fourth-order valence-electron chi connectivity index (χ4n) is 2.98. The molecule has 0 aliphatic heterocycles. The van der Waals surface area contributed by atoms with Crippen molar-refractivity contribution in [3.05, 3.63) is 35.4 Å². The third kappa shape index (κ3) is 1.81. The molecule has 0 saturated heterocycles. The lowest BCUT2D eigenvalue weighted by molar-refractivity contribution is 0.264. The first-order valence-electron chi connectivity index (χ1n) is 5.94. The summed E-state index contributed by atoms with van der Waals surface area (Å²) in [6.45, 7) is 5.55. The van der Waals surface area contributed by atoms with Gasteiger partial charge in [-0.1, -0.05) is 38.1 Å². The standard InChI is InChI=1S/C14H21N/c1-14(2)12(9-10-15)8-7-11-5-3-4-6-13(11)14/h3-6,12H,7-10,15H2,1-2H3. The van der Waals surface area contributed by atoms with Gasteiger partial charge in [0.05, 0.1) is 0 Å². The van der Waals surface area contributed by atoms with Crippen molar-refractivity contribution in [2.24, 2.45) is 11.7 Å². The van der Waals surface area contributed by atoms with Crippen molar-refractivity contribution in [1.29, 1.82) is 0 Å². The topological polar surface area (TPSA) is 26.0 Å². The molecule has 1 aromatic rings. The molecule has 0 fully saturated rings. The van der Waals surface area contributed by atoms with E-state index in [9.17, 15) is 0 Å². The van der Waals surface area contributed by atoms with E-state index >= 15 is 0 Å². The first-order valence-corrected chi connectivity index (χ1v) is 5.94. The van der Waals surface area contributed by atoms with Gasteiger partial charge in [-0.2, -0.15) is 0 Å². The number of nitrogens with two attached hydrogens (primary N) is 1. The summed E-state index contributed by atoms with van der Waals surface area (Å²) >= 11 is 0. The molecule has 15 heavy (non-hydrogen) atoms. The van der Waals surface area contributed by atoms with Crippen molar-refractivity contribution >= 4 is 0 Å². The van der Waals surface area contributed by atoms with Gasteiger partial charge in [0.2, 0.25) is 0 Å². The minimum atomic E-state index is 0.300. The van der Waals surface area contributed by atoms with Crippen LogP contribution in [-0.4, -0.2) is 6.54 Å². The second-order valence-electron chi connectivity index (χ2n) is 5.19. The largest absolute Gasteiger partial charge is 0.330 e. The van der Waals surface area contributed by atoms with Crippen molar-refractivity contribution < 1.29 is 0 Å². The molecule has 2 rings (SSSR count). The maximum atomic E-state index is 5.70. The van der Waals surface area contributed by atoms with Crippen molar-refractivity contribution in [3.63, 3.8) is 0 Å². The smallest absolute Gasteiger partial charge is 0.00720 e. The summed E-state index contributed by atoms with van der Waals surface area (Å²) in [4.78, 5) is 0. The first-order chi connectivity index (χ1) is 7.16. The molecule has 0 saturated carbocycles. The maximum absolute atomic E-state index is 5.70. The summed E-state index contributed by atoms with van der Waals surface area (Å²) in [5.41, 5.74) is 9.07. The molecule has 0 spiro atoms. The van der Waals surface area contributed by atoms with Crippen LogP contribution in [0.25, 0.3) is 0 Å². The van der Waals surface area contributed by atoms with Crippen LogP contribution in [0.15, 0.2) is 24.3 Å². The van der Waals surface area contributed by atoms with Gasteiger partial charge in [0.25, 0.3) is 0 Å². The van der Waals surface area contributed by atoms with E-state index in [1.54, 1.807) is 0 Å². The van der Waals surface area contributed by atoms with E-state index in [2.05, 4.69) is 38.1 Å². The molecule has 1 heteroatoms. The van der Waals surface area contributed by atoms with Crippen molar-refractivity contribution in [2.75, 3.05) is 6.54 Å². The Labute approximate surface area is 92.7 Å². The molecule has 1 aliphatic rings. The second kappa shape index (κ2) is 3.97. The molecule has 0 aromatic heterocycles. The van der Waals surface area contributed by atoms with E-state index in [0.717, 1.165) is 18.9 Å². The molecule has 0 radical (unpaired) electrons. The zero-order valence-electron chi connectivity index (χ0n) is 9.79. The highest BCUT2D eigenvalue weighted by Crippen LogP contribution is 2.42. The number of hydrogen-bond donors (Lipinski definition) is 1. The summed E-state index contributed by atoms with van der Waals surface area (Å²) in [6, 6.07) is 8.87. The Kier molecular flexibility index (Phi) is 2.83. The second-order valence-corrected chi connectivity index (χ2v) is 5.19. The van der Waals surface area contributed by atoms with E-state index in [-0.39, 0.29) is 0 Å². The number of benzene rings is 1. The number of rotatable bonds is 2. The third-order valence-corrected chi connectivity index (χ3v) is 4.01. The van der Waals surface area contributed by atoms with Crippen LogP contribution in [0.5, 0.6) is 0 Å². The van der Waals surface area contributed by atoms with E-state index in [4.69, 9.17) is 5.73 Å². The van der Waals surface area contributed by atoms with Gasteiger partial charge >= 0.3 is 0 Å². The van der Waals surface area contributed by atoms with Gasteiger partial charge in [0, 0.05) is 0 Å². The molecule has 1 aliphatic carbocycles. The predicted molar refractivity (Wildman–Crippen MR) is 65.0 cm³/mol. The van der Waals surface area contributed by atoms with Gasteiger partial charge in [-0.05, 0) is 48.3 Å². The van der Waals surface area contributed by atoms with Crippen LogP contribution >= 0.6 is 0 Å². The van der Waals surface area contributed by atoms with Crippen LogP contribution in [0.4, 0.5) is 0 Å². The van der Waals surface area contributed by atoms with Crippen LogP contribution in [0.2, 0.25) is 0 Å². The van der Waals surface area contributed by atoms with Crippen LogP contribution in [-0.2, 0) is 11.8 Å². The minimum absolute atomic E-state index is 0.300. The Morgan fingerprint density at radius 1 is 1.33 bits per heavy atom. The summed E-state index contributed by atoms with van der Waals surface area (Å²) < 4.78 is 0. The molecular formula is C14H21N. The lowest BCUT2D eigenvalue weighted by Crippen LogP contribution is -2.35. The molecule has 1 nitrogen and oxygen atoms in total. The quantitative estimate of drug-likeness (QED) is 0.786. The van der Waals surface area contributed by atoms with E-state index in [1.807, 2.05) is 0 Å². The van der Waals surface area contributed by atoms with E-state index < -0.39 is 0 Å². The lowest BCUT2D eigenvalue weighted by Gasteiger charge is -2.40. The minimum Gasteiger partial charge on any atom is -0.330 e. The highest BCUT2D eigenvalue weighted by molar-refractivity contribution is 5.36. The highest BCUT2D eigenvalue weighted by atomic mass is 14.5. The molecule has 1 atom stereocenters. The Morgan fingerprint density at radius 2 is 2.07 bits per heavy atom. The zero-order chi connectivity index (χ0) is 10.9. The third-order valence-electron chi connectivity index (χ3n) is 4.01. The predicted octanol–water partition coefficient (Wildman–Crippen LogP) is 2.88. The molecule has 0 heterocycles. The average Bonchev–Trinajstić information content (AvgIpc) is 2.23. The zero-order valence-corrected chi connectivity index (χ0v) is 9.79. The van der Waals surface area contributed by atoms with Gasteiger partial charge in [0.1, 0.15) is 0 Å².